The number of methoxy groups -OCH3 is 1. The van der Waals surface area contributed by atoms with Crippen LogP contribution in [0.5, 0.6) is 11.5 Å². The molecule has 4 bridgehead atoms. The second kappa shape index (κ2) is 9.12. The lowest BCUT2D eigenvalue weighted by Gasteiger charge is -2.67. The van der Waals surface area contributed by atoms with Crippen LogP contribution in [-0.2, 0) is 12.0 Å². The Kier molecular flexibility index (Phi) is 6.08. The second-order valence-electron chi connectivity index (χ2n) is 15.0. The van der Waals surface area contributed by atoms with E-state index in [-0.39, 0.29) is 17.1 Å². The molecule has 1 spiro atoms. The lowest BCUT2D eigenvalue weighted by atomic mass is 9.42. The van der Waals surface area contributed by atoms with E-state index in [4.69, 9.17) is 9.47 Å². The third kappa shape index (κ3) is 4.09. The zero-order chi connectivity index (χ0) is 27.9. The summed E-state index contributed by atoms with van der Waals surface area (Å²) in [6.07, 6.45) is 13.3. The molecule has 5 aliphatic carbocycles. The summed E-state index contributed by atoms with van der Waals surface area (Å²) in [6.45, 7) is 8.23. The van der Waals surface area contributed by atoms with Crippen LogP contribution in [0, 0.1) is 16.7 Å². The van der Waals surface area contributed by atoms with E-state index in [1.54, 1.807) is 7.11 Å². The Morgan fingerprint density at radius 3 is 2.62 bits per heavy atom. The molecule has 7 nitrogen and oxygen atoms in total. The lowest BCUT2D eigenvalue weighted by Crippen LogP contribution is -2.66. The molecule has 2 heterocycles. The first-order valence-electron chi connectivity index (χ1n) is 15.5. The highest BCUT2D eigenvalue weighted by atomic mass is 16.5. The number of amides is 1. The van der Waals surface area contributed by atoms with E-state index in [0.29, 0.717) is 29.7 Å². The van der Waals surface area contributed by atoms with Gasteiger partial charge in [-0.15, -0.1) is 0 Å². The van der Waals surface area contributed by atoms with Gasteiger partial charge in [0.15, 0.2) is 11.5 Å². The van der Waals surface area contributed by atoms with Crippen LogP contribution in [0.2, 0.25) is 0 Å². The quantitative estimate of drug-likeness (QED) is 0.333. The molecule has 1 aromatic carbocycles. The van der Waals surface area contributed by atoms with Gasteiger partial charge < -0.3 is 24.6 Å². The van der Waals surface area contributed by atoms with Crippen molar-refractivity contribution in [2.45, 2.75) is 108 Å². The van der Waals surface area contributed by atoms with Crippen LogP contribution >= 0.6 is 0 Å². The van der Waals surface area contributed by atoms with E-state index in [9.17, 15) is 15.0 Å². The Hall–Kier alpha value is -2.25. The van der Waals surface area contributed by atoms with Crippen LogP contribution < -0.4 is 9.47 Å². The minimum atomic E-state index is -0.722. The predicted octanol–water partition coefficient (Wildman–Crippen LogP) is 5.73. The maximum Gasteiger partial charge on any atom is 0.407 e. The Bertz CT molecular complexity index is 1210. The summed E-state index contributed by atoms with van der Waals surface area (Å²) in [6, 6.07) is 4.20. The molecule has 7 aliphatic rings. The van der Waals surface area contributed by atoms with Crippen molar-refractivity contribution in [3.05, 3.63) is 35.4 Å². The Morgan fingerprint density at radius 1 is 1.15 bits per heavy atom. The average Bonchev–Trinajstić information content (AvgIpc) is 3.10. The van der Waals surface area contributed by atoms with Crippen LogP contribution in [0.1, 0.15) is 89.2 Å². The normalized spacial score (nSPS) is 40.8. The average molecular weight is 551 g/mol. The minimum Gasteiger partial charge on any atom is -0.493 e. The van der Waals surface area contributed by atoms with Crippen LogP contribution in [0.3, 0.4) is 0 Å². The van der Waals surface area contributed by atoms with Gasteiger partial charge in [0.05, 0.1) is 18.6 Å². The summed E-state index contributed by atoms with van der Waals surface area (Å²) in [5, 5.41) is 20.7. The molecule has 40 heavy (non-hydrogen) atoms. The number of aliphatic hydroxyl groups excluding tert-OH is 1. The number of unbranched alkanes of at least 4 members (excludes halogenated alkanes) is 1. The molecule has 1 amide bonds. The maximum absolute atomic E-state index is 12.7. The van der Waals surface area contributed by atoms with Crippen molar-refractivity contribution in [2.24, 2.45) is 16.7 Å². The van der Waals surface area contributed by atoms with Gasteiger partial charge in [-0.3, -0.25) is 4.90 Å². The van der Waals surface area contributed by atoms with Gasteiger partial charge in [0.1, 0.15) is 6.10 Å². The van der Waals surface area contributed by atoms with E-state index in [2.05, 4.69) is 30.9 Å². The lowest BCUT2D eigenvalue weighted by molar-refractivity contribution is -0.152. The molecule has 0 aromatic heterocycles. The first-order valence-corrected chi connectivity index (χ1v) is 15.5. The predicted molar refractivity (Wildman–Crippen MR) is 153 cm³/mol. The number of benzene rings is 1. The van der Waals surface area contributed by atoms with Crippen LogP contribution in [0.4, 0.5) is 4.79 Å². The van der Waals surface area contributed by atoms with Crippen molar-refractivity contribution in [3.63, 3.8) is 0 Å². The van der Waals surface area contributed by atoms with Crippen molar-refractivity contribution in [1.29, 1.82) is 0 Å². The Morgan fingerprint density at radius 2 is 1.93 bits per heavy atom. The summed E-state index contributed by atoms with van der Waals surface area (Å²) < 4.78 is 12.1. The SMILES string of the molecule is COc1ccc2c3c1O[C@H]1C[C@@H](O)C=C[C@@]31CCN(CCCCN(C(=O)O)[C@]13C[C@@H]4C[C@@](C)(C[C@@](C)(C4)C1)C3)C2. The number of hydrogen-bond acceptors (Lipinski definition) is 5. The van der Waals surface area contributed by atoms with E-state index in [0.717, 1.165) is 69.7 Å². The van der Waals surface area contributed by atoms with Crippen LogP contribution in [-0.4, -0.2) is 70.6 Å². The van der Waals surface area contributed by atoms with Crippen molar-refractivity contribution < 1.29 is 24.5 Å². The largest absolute Gasteiger partial charge is 0.493 e. The third-order valence-corrected chi connectivity index (χ3v) is 11.5. The van der Waals surface area contributed by atoms with Crippen molar-refractivity contribution in [3.8, 4) is 11.5 Å². The molecule has 0 unspecified atom stereocenters. The second-order valence-corrected chi connectivity index (χ2v) is 15.0. The first kappa shape index (κ1) is 26.6. The summed E-state index contributed by atoms with van der Waals surface area (Å²) >= 11 is 0. The number of hydrogen-bond donors (Lipinski definition) is 2. The summed E-state index contributed by atoms with van der Waals surface area (Å²) in [5.74, 6) is 2.30. The fraction of sp³-hybridized carbons (Fsp3) is 0.727. The topological polar surface area (TPSA) is 82.5 Å². The third-order valence-electron chi connectivity index (χ3n) is 11.5. The van der Waals surface area contributed by atoms with Gasteiger partial charge in [-0.2, -0.15) is 0 Å². The van der Waals surface area contributed by atoms with Gasteiger partial charge in [0.25, 0.3) is 0 Å². The van der Waals surface area contributed by atoms with Crippen LogP contribution in [0.25, 0.3) is 0 Å². The van der Waals surface area contributed by atoms with E-state index < -0.39 is 12.2 Å². The molecule has 7 heteroatoms. The molecular weight excluding hydrogens is 504 g/mol. The Labute approximate surface area is 238 Å². The van der Waals surface area contributed by atoms with Gasteiger partial charge in [0, 0.05) is 30.6 Å². The number of carbonyl (C=O) groups is 1. The molecule has 2 aliphatic heterocycles. The fourth-order valence-corrected chi connectivity index (χ4v) is 11.0. The van der Waals surface area contributed by atoms with Gasteiger partial charge in [-0.05, 0) is 99.3 Å². The molecule has 1 aromatic rings. The zero-order valence-electron chi connectivity index (χ0n) is 24.5. The molecule has 2 N–H and O–H groups in total. The van der Waals surface area contributed by atoms with Crippen molar-refractivity contribution in [2.75, 3.05) is 26.7 Å². The highest BCUT2D eigenvalue weighted by Crippen LogP contribution is 2.67. The highest BCUT2D eigenvalue weighted by Gasteiger charge is 2.62. The Balaban J connectivity index is 1.04. The number of rotatable bonds is 7. The van der Waals surface area contributed by atoms with Gasteiger partial charge in [0.2, 0.25) is 0 Å². The van der Waals surface area contributed by atoms with Crippen molar-refractivity contribution >= 4 is 6.09 Å². The highest BCUT2D eigenvalue weighted by molar-refractivity contribution is 5.66. The molecule has 7 atom stereocenters. The molecule has 0 saturated heterocycles. The minimum absolute atomic E-state index is 0.0781. The van der Waals surface area contributed by atoms with Gasteiger partial charge in [-0.1, -0.05) is 32.1 Å². The van der Waals surface area contributed by atoms with E-state index in [1.165, 1.54) is 30.4 Å². The smallest absolute Gasteiger partial charge is 0.407 e. The van der Waals surface area contributed by atoms with E-state index >= 15 is 0 Å². The molecule has 8 rings (SSSR count). The van der Waals surface area contributed by atoms with Crippen molar-refractivity contribution in [1.82, 2.24) is 9.80 Å². The number of carboxylic acid groups (broad SMARTS) is 1. The maximum atomic E-state index is 12.7. The van der Waals surface area contributed by atoms with Gasteiger partial charge >= 0.3 is 6.09 Å². The first-order chi connectivity index (χ1) is 19.1. The zero-order valence-corrected chi connectivity index (χ0v) is 24.5. The number of aliphatic hydroxyl groups is 1. The van der Waals surface area contributed by atoms with E-state index in [1.807, 2.05) is 17.0 Å². The summed E-state index contributed by atoms with van der Waals surface area (Å²) in [7, 11) is 1.69. The van der Waals surface area contributed by atoms with Crippen LogP contribution in [0.15, 0.2) is 24.3 Å². The molecule has 218 valence electrons. The number of nitrogens with zero attached hydrogens (tertiary/aromatic N) is 2. The summed E-state index contributed by atoms with van der Waals surface area (Å²) in [4.78, 5) is 17.1. The fourth-order valence-electron chi connectivity index (χ4n) is 11.0. The molecule has 4 fully saturated rings. The monoisotopic (exact) mass is 550 g/mol. The summed E-state index contributed by atoms with van der Waals surface area (Å²) in [5.41, 5.74) is 2.73. The number of ether oxygens (including phenoxy) is 2. The van der Waals surface area contributed by atoms with Gasteiger partial charge in [-0.25, -0.2) is 4.79 Å². The molecule has 4 saturated carbocycles. The molecule has 0 radical (unpaired) electrons. The standard InChI is InChI=1S/C33H46N2O5/c1-30-15-22-16-31(2,19-30)21-32(17-22,20-30)35(29(37)38)12-5-4-11-34-13-10-33-9-8-24(36)14-26(33)40-28-25(39-3)7-6-23(18-34)27(28)33/h6-9,22,24,26,36H,4-5,10-21H2,1-3H3,(H,37,38)/t22-,24-,26-,30+,31-,32+,33-/m0/s1. The molecular formula is C33H46N2O5.